The summed E-state index contributed by atoms with van der Waals surface area (Å²) in [6.07, 6.45) is 0.257. The van der Waals surface area contributed by atoms with Crippen LogP contribution in [0.2, 0.25) is 0 Å². The normalized spacial score (nSPS) is 21.6. The summed E-state index contributed by atoms with van der Waals surface area (Å²) in [6, 6.07) is 12.5. The van der Waals surface area contributed by atoms with Gasteiger partial charge < -0.3 is 5.32 Å². The van der Waals surface area contributed by atoms with Crippen molar-refractivity contribution in [1.29, 1.82) is 0 Å². The van der Waals surface area contributed by atoms with Gasteiger partial charge in [0.2, 0.25) is 11.8 Å². The summed E-state index contributed by atoms with van der Waals surface area (Å²) in [6.45, 7) is 4.99. The second-order valence-corrected chi connectivity index (χ2v) is 8.43. The number of hydrogen-bond acceptors (Lipinski definition) is 6. The van der Waals surface area contributed by atoms with Crippen LogP contribution in [-0.4, -0.2) is 65.6 Å². The first-order valence-corrected chi connectivity index (χ1v) is 10.9. The lowest BCUT2D eigenvalue weighted by atomic mass is 9.99. The van der Waals surface area contributed by atoms with E-state index in [1.165, 1.54) is 5.56 Å². The summed E-state index contributed by atoms with van der Waals surface area (Å²) in [5, 5.41) is 5.57. The van der Waals surface area contributed by atoms with Crippen molar-refractivity contribution in [3.8, 4) is 11.1 Å². The number of piperazine rings is 1. The Kier molecular flexibility index (Phi) is 5.32. The number of fused-ring (bicyclic) bond motifs is 1. The highest BCUT2D eigenvalue weighted by molar-refractivity contribution is 6.23. The quantitative estimate of drug-likeness (QED) is 0.704. The zero-order valence-electron chi connectivity index (χ0n) is 17.6. The zero-order valence-corrected chi connectivity index (χ0v) is 17.6. The average molecular weight is 432 g/mol. The van der Waals surface area contributed by atoms with E-state index in [1.807, 2.05) is 18.2 Å². The molecule has 3 aliphatic heterocycles. The van der Waals surface area contributed by atoms with Gasteiger partial charge in [0, 0.05) is 39.1 Å². The molecule has 1 atom stereocenters. The summed E-state index contributed by atoms with van der Waals surface area (Å²) < 4.78 is 0. The molecule has 0 aromatic heterocycles. The van der Waals surface area contributed by atoms with Gasteiger partial charge in [-0.25, -0.2) is 0 Å². The van der Waals surface area contributed by atoms with Crippen molar-refractivity contribution >= 4 is 23.6 Å². The topological polar surface area (TPSA) is 98.8 Å². The molecule has 0 saturated carbocycles. The molecule has 3 aliphatic rings. The Morgan fingerprint density at radius 2 is 1.53 bits per heavy atom. The van der Waals surface area contributed by atoms with Gasteiger partial charge >= 0.3 is 0 Å². The highest BCUT2D eigenvalue weighted by Gasteiger charge is 2.44. The monoisotopic (exact) mass is 432 g/mol. The Hall–Kier alpha value is -3.36. The smallest absolute Gasteiger partial charge is 0.262 e. The number of rotatable bonds is 4. The molecular formula is C24H24N4O4. The number of hydrogen-bond donors (Lipinski definition) is 2. The Morgan fingerprint density at radius 1 is 0.844 bits per heavy atom. The molecule has 0 radical (unpaired) electrons. The second kappa shape index (κ2) is 8.29. The highest BCUT2D eigenvalue weighted by Crippen LogP contribution is 2.31. The molecule has 3 heterocycles. The predicted molar refractivity (Wildman–Crippen MR) is 117 cm³/mol. The summed E-state index contributed by atoms with van der Waals surface area (Å²) in [4.78, 5) is 52.9. The highest BCUT2D eigenvalue weighted by atomic mass is 16.2. The number of piperidine rings is 1. The van der Waals surface area contributed by atoms with Gasteiger partial charge in [-0.1, -0.05) is 30.3 Å². The van der Waals surface area contributed by atoms with Crippen LogP contribution >= 0.6 is 0 Å². The Morgan fingerprint density at radius 3 is 2.25 bits per heavy atom. The van der Waals surface area contributed by atoms with Crippen LogP contribution in [0.15, 0.2) is 42.5 Å². The largest absolute Gasteiger partial charge is 0.314 e. The van der Waals surface area contributed by atoms with Crippen LogP contribution in [0.4, 0.5) is 0 Å². The van der Waals surface area contributed by atoms with E-state index < -0.39 is 23.8 Å². The van der Waals surface area contributed by atoms with Gasteiger partial charge in [-0.05, 0) is 35.2 Å². The molecule has 164 valence electrons. The SMILES string of the molecule is O=C1CCC(N2C(=O)c3ccc(-c4ccc(CN5CCNCC5)cc4)cc3C2=O)C(=O)N1. The van der Waals surface area contributed by atoms with Crippen LogP contribution in [0, 0.1) is 0 Å². The van der Waals surface area contributed by atoms with Crippen molar-refractivity contribution in [3.05, 3.63) is 59.2 Å². The molecule has 0 spiro atoms. The minimum Gasteiger partial charge on any atom is -0.314 e. The van der Waals surface area contributed by atoms with Crippen molar-refractivity contribution in [2.24, 2.45) is 0 Å². The summed E-state index contributed by atoms with van der Waals surface area (Å²) >= 11 is 0. The molecule has 8 heteroatoms. The number of carbonyl (C=O) groups excluding carboxylic acids is 4. The van der Waals surface area contributed by atoms with Crippen molar-refractivity contribution in [2.75, 3.05) is 26.2 Å². The maximum atomic E-state index is 13.0. The number of benzene rings is 2. The molecule has 2 fully saturated rings. The van der Waals surface area contributed by atoms with Gasteiger partial charge in [-0.15, -0.1) is 0 Å². The summed E-state index contributed by atoms with van der Waals surface area (Å²) in [5.74, 6) is -1.96. The Balaban J connectivity index is 1.35. The van der Waals surface area contributed by atoms with E-state index in [4.69, 9.17) is 0 Å². The molecule has 2 aromatic carbocycles. The van der Waals surface area contributed by atoms with Crippen LogP contribution in [-0.2, 0) is 16.1 Å². The van der Waals surface area contributed by atoms with Gasteiger partial charge in [0.15, 0.2) is 0 Å². The van der Waals surface area contributed by atoms with Crippen molar-refractivity contribution in [3.63, 3.8) is 0 Å². The van der Waals surface area contributed by atoms with Crippen LogP contribution in [0.5, 0.6) is 0 Å². The van der Waals surface area contributed by atoms with E-state index in [0.29, 0.717) is 11.1 Å². The van der Waals surface area contributed by atoms with Crippen LogP contribution < -0.4 is 10.6 Å². The molecule has 5 rings (SSSR count). The Bertz CT molecular complexity index is 1110. The van der Waals surface area contributed by atoms with E-state index in [-0.39, 0.29) is 18.7 Å². The number of imide groups is 2. The first kappa shape index (κ1) is 20.5. The fourth-order valence-electron chi connectivity index (χ4n) is 4.58. The first-order chi connectivity index (χ1) is 15.5. The molecule has 8 nitrogen and oxygen atoms in total. The average Bonchev–Trinajstić information content (AvgIpc) is 3.05. The molecule has 2 aromatic rings. The van der Waals surface area contributed by atoms with Gasteiger partial charge in [0.1, 0.15) is 6.04 Å². The van der Waals surface area contributed by atoms with Gasteiger partial charge in [0.25, 0.3) is 11.8 Å². The zero-order chi connectivity index (χ0) is 22.2. The third kappa shape index (κ3) is 3.72. The molecule has 2 N–H and O–H groups in total. The van der Waals surface area contributed by atoms with Crippen molar-refractivity contribution in [1.82, 2.24) is 20.4 Å². The van der Waals surface area contributed by atoms with E-state index in [9.17, 15) is 19.2 Å². The number of amides is 4. The second-order valence-electron chi connectivity index (χ2n) is 8.43. The third-order valence-corrected chi connectivity index (χ3v) is 6.34. The maximum Gasteiger partial charge on any atom is 0.262 e. The van der Waals surface area contributed by atoms with Crippen LogP contribution in [0.1, 0.15) is 39.1 Å². The van der Waals surface area contributed by atoms with E-state index in [1.54, 1.807) is 12.1 Å². The fourth-order valence-corrected chi connectivity index (χ4v) is 4.58. The lowest BCUT2D eigenvalue weighted by Crippen LogP contribution is -2.54. The summed E-state index contributed by atoms with van der Waals surface area (Å²) in [7, 11) is 0. The summed E-state index contributed by atoms with van der Waals surface area (Å²) in [5.41, 5.74) is 3.60. The van der Waals surface area contributed by atoms with Crippen molar-refractivity contribution in [2.45, 2.75) is 25.4 Å². The minimum absolute atomic E-state index is 0.106. The standard InChI is InChI=1S/C24H24N4O4/c29-21-8-7-20(22(30)26-21)28-23(31)18-6-5-17(13-19(18)24(28)32)16-3-1-15(2-4-16)14-27-11-9-25-10-12-27/h1-6,13,20,25H,7-12,14H2,(H,26,29,30). The first-order valence-electron chi connectivity index (χ1n) is 10.9. The number of nitrogens with zero attached hydrogens (tertiary/aromatic N) is 2. The molecule has 0 bridgehead atoms. The minimum atomic E-state index is -0.951. The van der Waals surface area contributed by atoms with E-state index in [0.717, 1.165) is 48.8 Å². The van der Waals surface area contributed by atoms with Crippen molar-refractivity contribution < 1.29 is 19.2 Å². The lowest BCUT2D eigenvalue weighted by molar-refractivity contribution is -0.136. The molecule has 0 aliphatic carbocycles. The lowest BCUT2D eigenvalue weighted by Gasteiger charge is -2.27. The van der Waals surface area contributed by atoms with Crippen LogP contribution in [0.3, 0.4) is 0 Å². The van der Waals surface area contributed by atoms with Crippen LogP contribution in [0.25, 0.3) is 11.1 Å². The van der Waals surface area contributed by atoms with Gasteiger partial charge in [0.05, 0.1) is 11.1 Å². The van der Waals surface area contributed by atoms with E-state index in [2.05, 4.69) is 27.7 Å². The molecule has 1 unspecified atom stereocenters. The Labute approximate surface area is 185 Å². The van der Waals surface area contributed by atoms with E-state index >= 15 is 0 Å². The fraction of sp³-hybridized carbons (Fsp3) is 0.333. The molecular weight excluding hydrogens is 408 g/mol. The molecule has 32 heavy (non-hydrogen) atoms. The maximum absolute atomic E-state index is 13.0. The third-order valence-electron chi connectivity index (χ3n) is 6.34. The number of nitrogens with one attached hydrogen (secondary N) is 2. The molecule has 4 amide bonds. The molecule has 2 saturated heterocycles. The number of carbonyl (C=O) groups is 4. The van der Waals surface area contributed by atoms with Gasteiger partial charge in [-0.3, -0.25) is 34.3 Å². The predicted octanol–water partition coefficient (Wildman–Crippen LogP) is 1.16. The van der Waals surface area contributed by atoms with Gasteiger partial charge in [-0.2, -0.15) is 0 Å².